The summed E-state index contributed by atoms with van der Waals surface area (Å²) in [5, 5.41) is 4.29. The first-order chi connectivity index (χ1) is 20.1. The molecule has 1 fully saturated rings. The molecular weight excluding hydrogens is 581 g/mol. The summed E-state index contributed by atoms with van der Waals surface area (Å²) >= 11 is 3.15. The maximum absolute atomic E-state index is 12.5. The number of sulfone groups is 1. The molecule has 3 aromatic rings. The Balaban J connectivity index is 0.000000415. The van der Waals surface area contributed by atoms with Crippen LogP contribution in [0.15, 0.2) is 39.4 Å². The molecule has 6 nitrogen and oxygen atoms in total. The predicted octanol–water partition coefficient (Wildman–Crippen LogP) is 9.01. The van der Waals surface area contributed by atoms with Gasteiger partial charge in [0.25, 0.3) is 0 Å². The van der Waals surface area contributed by atoms with Gasteiger partial charge < -0.3 is 10.2 Å². The van der Waals surface area contributed by atoms with Crippen LogP contribution >= 0.6 is 23.1 Å². The van der Waals surface area contributed by atoms with Crippen molar-refractivity contribution in [1.29, 1.82) is 0 Å². The summed E-state index contributed by atoms with van der Waals surface area (Å²) in [5.74, 6) is 3.51. The maximum atomic E-state index is 12.5. The minimum atomic E-state index is -3.19. The molecule has 4 rings (SSSR count). The molecule has 1 saturated carbocycles. The molecule has 9 heteroatoms. The highest BCUT2D eigenvalue weighted by molar-refractivity contribution is 8.01. The number of hydrogen-bond acceptors (Lipinski definition) is 8. The number of thiophene rings is 1. The third-order valence-corrected chi connectivity index (χ3v) is 11.9. The highest BCUT2D eigenvalue weighted by Gasteiger charge is 2.25. The predicted molar refractivity (Wildman–Crippen MR) is 187 cm³/mol. The molecular formula is C33H56N4O2S3. The van der Waals surface area contributed by atoms with E-state index in [0.717, 1.165) is 56.6 Å². The van der Waals surface area contributed by atoms with E-state index in [-0.39, 0.29) is 5.25 Å². The van der Waals surface area contributed by atoms with Gasteiger partial charge in [0, 0.05) is 30.9 Å². The lowest BCUT2D eigenvalue weighted by molar-refractivity contribution is 0.262. The van der Waals surface area contributed by atoms with Crippen molar-refractivity contribution in [3.05, 3.63) is 41.0 Å². The molecule has 0 radical (unpaired) electrons. The molecule has 0 atom stereocenters. The lowest BCUT2D eigenvalue weighted by Gasteiger charge is -2.27. The lowest BCUT2D eigenvalue weighted by Crippen LogP contribution is -2.25. The van der Waals surface area contributed by atoms with Crippen molar-refractivity contribution < 1.29 is 8.42 Å². The van der Waals surface area contributed by atoms with Gasteiger partial charge >= 0.3 is 0 Å². The second kappa shape index (κ2) is 19.6. The highest BCUT2D eigenvalue weighted by Crippen LogP contribution is 2.36. The summed E-state index contributed by atoms with van der Waals surface area (Å²) < 4.78 is 25.9. The molecule has 1 N–H and O–H groups in total. The average Bonchev–Trinajstić information content (AvgIpc) is 3.43. The van der Waals surface area contributed by atoms with Crippen molar-refractivity contribution in [2.75, 3.05) is 31.8 Å². The molecule has 0 aliphatic heterocycles. The van der Waals surface area contributed by atoms with Crippen LogP contribution in [-0.4, -0.2) is 50.5 Å². The van der Waals surface area contributed by atoms with Crippen LogP contribution in [0, 0.1) is 18.8 Å². The van der Waals surface area contributed by atoms with Crippen molar-refractivity contribution >= 4 is 49.7 Å². The van der Waals surface area contributed by atoms with E-state index in [2.05, 4.69) is 22.2 Å². The van der Waals surface area contributed by atoms with Crippen LogP contribution in [0.1, 0.15) is 91.3 Å². The monoisotopic (exact) mass is 636 g/mol. The molecule has 1 aromatic carbocycles. The molecule has 0 saturated heterocycles. The molecule has 2 heterocycles. The first-order valence-electron chi connectivity index (χ1n) is 15.6. The van der Waals surface area contributed by atoms with Crippen LogP contribution < -0.4 is 10.2 Å². The van der Waals surface area contributed by atoms with Gasteiger partial charge in [-0.15, -0.1) is 23.1 Å². The SMILES string of the molecule is CC.CC.CCC1CCC(CNCc2cc(S(=O)(=O)C(C)C)c(SC)s2)CC1.Cc1nc(N(C)C)c2ccccc2n1. The number of thioether (sulfide) groups is 1. The Bertz CT molecular complexity index is 1280. The van der Waals surface area contributed by atoms with Crippen LogP contribution in [-0.2, 0) is 16.4 Å². The fourth-order valence-corrected chi connectivity index (χ4v) is 8.70. The minimum absolute atomic E-state index is 0.368. The summed E-state index contributed by atoms with van der Waals surface area (Å²) in [6.45, 7) is 17.5. The van der Waals surface area contributed by atoms with Crippen LogP contribution in [0.5, 0.6) is 0 Å². The smallest absolute Gasteiger partial charge is 0.182 e. The summed E-state index contributed by atoms with van der Waals surface area (Å²) in [4.78, 5) is 12.5. The molecule has 1 aliphatic carbocycles. The minimum Gasteiger partial charge on any atom is -0.362 e. The number of anilines is 1. The number of fused-ring (bicyclic) bond motifs is 1. The van der Waals surface area contributed by atoms with E-state index in [9.17, 15) is 8.42 Å². The van der Waals surface area contributed by atoms with Crippen LogP contribution in [0.2, 0.25) is 0 Å². The largest absolute Gasteiger partial charge is 0.362 e. The van der Waals surface area contributed by atoms with E-state index in [1.807, 2.05) is 90.2 Å². The Morgan fingerprint density at radius 2 is 1.62 bits per heavy atom. The molecule has 0 amide bonds. The number of nitrogens with zero attached hydrogens (tertiary/aromatic N) is 3. The zero-order valence-corrected chi connectivity index (χ0v) is 30.4. The number of para-hydroxylation sites is 1. The van der Waals surface area contributed by atoms with Crippen molar-refractivity contribution in [3.8, 4) is 0 Å². The first-order valence-corrected chi connectivity index (χ1v) is 19.2. The summed E-state index contributed by atoms with van der Waals surface area (Å²) in [6, 6.07) is 9.94. The van der Waals surface area contributed by atoms with Crippen LogP contribution in [0.4, 0.5) is 5.82 Å². The number of aryl methyl sites for hydroxylation is 1. The number of rotatable bonds is 9. The average molecular weight is 637 g/mol. The van der Waals surface area contributed by atoms with Gasteiger partial charge in [0.1, 0.15) is 11.6 Å². The van der Waals surface area contributed by atoms with E-state index < -0.39 is 9.84 Å². The molecule has 42 heavy (non-hydrogen) atoms. The molecule has 238 valence electrons. The van der Waals surface area contributed by atoms with Crippen molar-refractivity contribution in [1.82, 2.24) is 15.3 Å². The van der Waals surface area contributed by atoms with Gasteiger partial charge in [0.15, 0.2) is 9.84 Å². The third-order valence-electron chi connectivity index (χ3n) is 7.22. The quantitative estimate of drug-likeness (QED) is 0.235. The Kier molecular flexibility index (Phi) is 17.9. The van der Waals surface area contributed by atoms with Gasteiger partial charge in [-0.2, -0.15) is 0 Å². The Hall–Kier alpha value is -1.68. The second-order valence-corrected chi connectivity index (χ2v) is 15.3. The standard InChI is InChI=1S/C18H31NO2S3.C11H13N3.2C2H6/c1-5-14-6-8-15(9-7-14)11-19-12-16-10-17(18(22-4)23-16)24(20,21)13(2)3;1-8-12-10-7-5-4-6-9(10)11(13-8)14(2)3;2*1-2/h10,13-15,19H,5-9,11-12H2,1-4H3;4-7H,1-3H3;2*1-2H3. The van der Waals surface area contributed by atoms with E-state index in [1.54, 1.807) is 25.2 Å². The van der Waals surface area contributed by atoms with Crippen molar-refractivity contribution in [2.24, 2.45) is 11.8 Å². The van der Waals surface area contributed by atoms with Gasteiger partial charge in [-0.3, -0.25) is 0 Å². The van der Waals surface area contributed by atoms with E-state index in [4.69, 9.17) is 0 Å². The van der Waals surface area contributed by atoms with Gasteiger partial charge in [-0.1, -0.05) is 66.0 Å². The Labute approximate surface area is 265 Å². The summed E-state index contributed by atoms with van der Waals surface area (Å²) in [5.41, 5.74) is 1.00. The third kappa shape index (κ3) is 11.1. The number of hydrogen-bond donors (Lipinski definition) is 1. The zero-order valence-electron chi connectivity index (χ0n) is 28.0. The molecule has 0 unspecified atom stereocenters. The first kappa shape index (κ1) is 38.3. The highest BCUT2D eigenvalue weighted by atomic mass is 32.2. The molecule has 2 aromatic heterocycles. The topological polar surface area (TPSA) is 75.2 Å². The van der Waals surface area contributed by atoms with Crippen LogP contribution in [0.25, 0.3) is 10.9 Å². The van der Waals surface area contributed by atoms with Crippen molar-refractivity contribution in [3.63, 3.8) is 0 Å². The van der Waals surface area contributed by atoms with Gasteiger partial charge in [-0.25, -0.2) is 18.4 Å². The van der Waals surface area contributed by atoms with Gasteiger partial charge in [-0.05, 0) is 76.4 Å². The lowest BCUT2D eigenvalue weighted by atomic mass is 9.81. The van der Waals surface area contributed by atoms with Gasteiger partial charge in [0.05, 0.1) is 19.9 Å². The maximum Gasteiger partial charge on any atom is 0.182 e. The fourth-order valence-electron chi connectivity index (χ4n) is 4.84. The molecule has 1 aliphatic rings. The molecule has 0 bridgehead atoms. The number of benzene rings is 1. The van der Waals surface area contributed by atoms with E-state index in [1.165, 1.54) is 43.9 Å². The number of nitrogens with one attached hydrogen (secondary N) is 1. The van der Waals surface area contributed by atoms with Gasteiger partial charge in [0.2, 0.25) is 0 Å². The van der Waals surface area contributed by atoms with Crippen LogP contribution in [0.3, 0.4) is 0 Å². The molecule has 0 spiro atoms. The fraction of sp³-hybridized carbons (Fsp3) is 0.636. The zero-order chi connectivity index (χ0) is 31.9. The van der Waals surface area contributed by atoms with E-state index in [0.29, 0.717) is 4.90 Å². The Morgan fingerprint density at radius 1 is 1.02 bits per heavy atom. The van der Waals surface area contributed by atoms with Crippen molar-refractivity contribution in [2.45, 2.75) is 108 Å². The second-order valence-electron chi connectivity index (χ2n) is 10.6. The Morgan fingerprint density at radius 3 is 2.17 bits per heavy atom. The normalized spacial score (nSPS) is 16.5. The summed E-state index contributed by atoms with van der Waals surface area (Å²) in [6.07, 6.45) is 8.68. The van der Waals surface area contributed by atoms with E-state index >= 15 is 0 Å². The summed E-state index contributed by atoms with van der Waals surface area (Å²) in [7, 11) is 0.797. The number of aromatic nitrogens is 2.